The number of phenolic OH excluding ortho intramolecular Hbond substituents is 1. The first-order valence-electron chi connectivity index (χ1n) is 10.8. The summed E-state index contributed by atoms with van der Waals surface area (Å²) in [4.78, 5) is 22.2. The fourth-order valence-corrected chi connectivity index (χ4v) is 3.59. The molecule has 4 aromatic rings. The number of phenols is 1. The van der Waals surface area contributed by atoms with E-state index in [1.165, 1.54) is 14.1 Å². The first kappa shape index (κ1) is 24.7. The zero-order valence-corrected chi connectivity index (χ0v) is 19.5. The van der Waals surface area contributed by atoms with Crippen LogP contribution in [0.1, 0.15) is 40.9 Å². The van der Waals surface area contributed by atoms with Crippen molar-refractivity contribution in [2.75, 3.05) is 24.7 Å². The molecule has 0 saturated carbocycles. The zero-order chi connectivity index (χ0) is 26.0. The van der Waals surface area contributed by atoms with E-state index in [4.69, 9.17) is 0 Å². The summed E-state index contributed by atoms with van der Waals surface area (Å²) in [6.07, 6.45) is -4.20. The molecule has 0 spiro atoms. The van der Waals surface area contributed by atoms with Gasteiger partial charge in [-0.05, 0) is 34.4 Å². The molecule has 2 aromatic carbocycles. The van der Waals surface area contributed by atoms with Gasteiger partial charge in [0.1, 0.15) is 0 Å². The summed E-state index contributed by atoms with van der Waals surface area (Å²) >= 11 is 0. The van der Waals surface area contributed by atoms with Gasteiger partial charge in [0.05, 0.1) is 22.9 Å². The number of aromatic nitrogens is 4. The van der Waals surface area contributed by atoms with E-state index in [9.17, 15) is 23.1 Å². The van der Waals surface area contributed by atoms with Crippen molar-refractivity contribution in [3.63, 3.8) is 0 Å². The number of fused-ring (bicyclic) bond motifs is 1. The van der Waals surface area contributed by atoms with Crippen LogP contribution in [0.2, 0.25) is 0 Å². The molecule has 13 heteroatoms. The second-order valence-corrected chi connectivity index (χ2v) is 8.05. The third-order valence-corrected chi connectivity index (χ3v) is 5.39. The Morgan fingerprint density at radius 1 is 1.06 bits per heavy atom. The third kappa shape index (κ3) is 4.85. The highest BCUT2D eigenvalue weighted by Crippen LogP contribution is 2.41. The molecule has 0 radical (unpaired) electrons. The average molecular weight is 501 g/mol. The average Bonchev–Trinajstić information content (AvgIpc) is 3.30. The van der Waals surface area contributed by atoms with E-state index in [0.29, 0.717) is 12.5 Å². The highest BCUT2D eigenvalue weighted by atomic mass is 19.4. The number of hydrogen-bond acceptors (Lipinski definition) is 9. The molecule has 1 atom stereocenters. The summed E-state index contributed by atoms with van der Waals surface area (Å²) in [7, 11) is 2.57. The molecule has 0 fully saturated rings. The maximum absolute atomic E-state index is 13.6. The highest BCUT2D eigenvalue weighted by molar-refractivity contribution is 6.00. The molecular formula is C23H22F3N7O3. The lowest BCUT2D eigenvalue weighted by atomic mass is 10.0. The van der Waals surface area contributed by atoms with Crippen LogP contribution >= 0.6 is 0 Å². The molecular weight excluding hydrogens is 479 g/mol. The van der Waals surface area contributed by atoms with Crippen LogP contribution < -0.4 is 10.6 Å². The van der Waals surface area contributed by atoms with Gasteiger partial charge in [0.2, 0.25) is 11.3 Å². The second-order valence-electron chi connectivity index (χ2n) is 8.05. The standard InChI is InChI=1S/C23H22F3N7O3/c1-4-14(12-8-6-5-7-9-12)27-18-19(30-21-20(29-18)31-36-32-21)28-15-11-10-13(23(24,25)26)16(17(15)34)22(35)33(2)3/h5-11,14,34H,4H2,1-3H3,(H,27,29,31)(H,28,30,32)/t14-/m1/s1. The van der Waals surface area contributed by atoms with E-state index >= 15 is 0 Å². The molecule has 36 heavy (non-hydrogen) atoms. The second kappa shape index (κ2) is 9.68. The Hall–Kier alpha value is -4.42. The van der Waals surface area contributed by atoms with Crippen molar-refractivity contribution in [2.45, 2.75) is 25.6 Å². The number of amides is 1. The molecule has 0 aliphatic heterocycles. The van der Waals surface area contributed by atoms with Crippen molar-refractivity contribution in [3.8, 4) is 5.75 Å². The van der Waals surface area contributed by atoms with Crippen LogP contribution in [-0.2, 0) is 6.18 Å². The van der Waals surface area contributed by atoms with Crippen LogP contribution in [0.5, 0.6) is 5.75 Å². The topological polar surface area (TPSA) is 129 Å². The molecule has 188 valence electrons. The highest BCUT2D eigenvalue weighted by Gasteiger charge is 2.38. The first-order valence-corrected chi connectivity index (χ1v) is 10.8. The molecule has 3 N–H and O–H groups in total. The number of anilines is 3. The van der Waals surface area contributed by atoms with Crippen molar-refractivity contribution in [2.24, 2.45) is 0 Å². The van der Waals surface area contributed by atoms with Gasteiger partial charge < -0.3 is 20.6 Å². The minimum absolute atomic E-state index is 0.0332. The quantitative estimate of drug-likeness (QED) is 0.307. The van der Waals surface area contributed by atoms with Gasteiger partial charge in [0.25, 0.3) is 5.91 Å². The van der Waals surface area contributed by atoms with Crippen LogP contribution in [0.3, 0.4) is 0 Å². The summed E-state index contributed by atoms with van der Waals surface area (Å²) in [6.45, 7) is 1.96. The van der Waals surface area contributed by atoms with Gasteiger partial charge in [-0.15, -0.1) is 0 Å². The number of carbonyl (C=O) groups is 1. The van der Waals surface area contributed by atoms with Crippen LogP contribution in [0, 0.1) is 0 Å². The van der Waals surface area contributed by atoms with Gasteiger partial charge in [-0.3, -0.25) is 4.79 Å². The third-order valence-electron chi connectivity index (χ3n) is 5.39. The first-order chi connectivity index (χ1) is 17.1. The predicted molar refractivity (Wildman–Crippen MR) is 125 cm³/mol. The number of nitrogens with zero attached hydrogens (tertiary/aromatic N) is 5. The molecule has 1 amide bonds. The van der Waals surface area contributed by atoms with Crippen LogP contribution in [-0.4, -0.2) is 50.3 Å². The van der Waals surface area contributed by atoms with E-state index in [1.54, 1.807) is 0 Å². The Kier molecular flexibility index (Phi) is 6.64. The summed E-state index contributed by atoms with van der Waals surface area (Å²) in [5.74, 6) is -1.68. The number of carbonyl (C=O) groups excluding carboxylic acids is 1. The Labute approximate surface area is 203 Å². The molecule has 2 heterocycles. The Morgan fingerprint density at radius 3 is 2.28 bits per heavy atom. The lowest BCUT2D eigenvalue weighted by Crippen LogP contribution is -2.25. The number of halogens is 3. The lowest BCUT2D eigenvalue weighted by Gasteiger charge is -2.21. The van der Waals surface area contributed by atoms with E-state index in [0.717, 1.165) is 16.5 Å². The van der Waals surface area contributed by atoms with Crippen LogP contribution in [0.25, 0.3) is 11.3 Å². The zero-order valence-electron chi connectivity index (χ0n) is 19.5. The molecule has 4 rings (SSSR count). The monoisotopic (exact) mass is 501 g/mol. The van der Waals surface area contributed by atoms with Gasteiger partial charge in [0, 0.05) is 14.1 Å². The van der Waals surface area contributed by atoms with E-state index in [1.807, 2.05) is 37.3 Å². The molecule has 0 saturated heterocycles. The van der Waals surface area contributed by atoms with Crippen LogP contribution in [0.15, 0.2) is 47.1 Å². The minimum atomic E-state index is -4.86. The Morgan fingerprint density at radius 2 is 1.69 bits per heavy atom. The van der Waals surface area contributed by atoms with Crippen molar-refractivity contribution in [1.29, 1.82) is 0 Å². The van der Waals surface area contributed by atoms with Gasteiger partial charge in [-0.25, -0.2) is 14.6 Å². The summed E-state index contributed by atoms with van der Waals surface area (Å²) in [5, 5.41) is 24.1. The largest absolute Gasteiger partial charge is 0.505 e. The van der Waals surface area contributed by atoms with Crippen LogP contribution in [0.4, 0.5) is 30.5 Å². The van der Waals surface area contributed by atoms with E-state index < -0.39 is 29.0 Å². The number of hydrogen-bond donors (Lipinski definition) is 3. The number of alkyl halides is 3. The number of rotatable bonds is 7. The van der Waals surface area contributed by atoms with Gasteiger partial charge >= 0.3 is 6.18 Å². The molecule has 0 aliphatic carbocycles. The number of aromatic hydroxyl groups is 1. The molecule has 0 bridgehead atoms. The molecule has 0 unspecified atom stereocenters. The molecule has 2 aromatic heterocycles. The molecule has 10 nitrogen and oxygen atoms in total. The molecule has 0 aliphatic rings. The van der Waals surface area contributed by atoms with Crippen molar-refractivity contribution >= 4 is 34.5 Å². The normalized spacial score (nSPS) is 12.4. The van der Waals surface area contributed by atoms with Crippen molar-refractivity contribution in [1.82, 2.24) is 25.2 Å². The van der Waals surface area contributed by atoms with Gasteiger partial charge in [-0.1, -0.05) is 37.3 Å². The number of nitrogens with one attached hydrogen (secondary N) is 2. The Bertz CT molecular complexity index is 1390. The maximum atomic E-state index is 13.6. The fourth-order valence-electron chi connectivity index (χ4n) is 3.59. The smallest absolute Gasteiger partial charge is 0.417 e. The van der Waals surface area contributed by atoms with E-state index in [-0.39, 0.29) is 34.7 Å². The Balaban J connectivity index is 1.79. The summed E-state index contributed by atoms with van der Waals surface area (Å²) in [6, 6.07) is 11.0. The van der Waals surface area contributed by atoms with Gasteiger partial charge in [0.15, 0.2) is 17.4 Å². The van der Waals surface area contributed by atoms with Crippen molar-refractivity contribution in [3.05, 3.63) is 59.2 Å². The maximum Gasteiger partial charge on any atom is 0.417 e. The van der Waals surface area contributed by atoms with Gasteiger partial charge in [-0.2, -0.15) is 13.2 Å². The number of benzene rings is 2. The predicted octanol–water partition coefficient (Wildman–Crippen LogP) is 4.75. The fraction of sp³-hybridized carbons (Fsp3) is 0.261. The summed E-state index contributed by atoms with van der Waals surface area (Å²) < 4.78 is 45.5. The van der Waals surface area contributed by atoms with Crippen molar-refractivity contribution < 1.29 is 27.7 Å². The SMILES string of the molecule is CC[C@@H](Nc1nc2nonc2nc1Nc1ccc(C(F)(F)F)c(C(=O)N(C)C)c1O)c1ccccc1. The lowest BCUT2D eigenvalue weighted by molar-refractivity contribution is -0.138. The minimum Gasteiger partial charge on any atom is -0.505 e. The van der Waals surface area contributed by atoms with E-state index in [2.05, 4.69) is 35.5 Å². The summed E-state index contributed by atoms with van der Waals surface area (Å²) in [5.41, 5.74) is -1.24.